The first-order chi connectivity index (χ1) is 13.8. The molecule has 3 rings (SSSR count). The molecule has 0 aliphatic rings. The van der Waals surface area contributed by atoms with Crippen LogP contribution in [0.2, 0.25) is 5.02 Å². The van der Waals surface area contributed by atoms with Gasteiger partial charge in [-0.05, 0) is 29.8 Å². The number of benzene rings is 2. The monoisotopic (exact) mass is 412 g/mol. The van der Waals surface area contributed by atoms with E-state index in [9.17, 15) is 18.8 Å². The number of aromatic nitrogens is 1. The molecule has 0 aliphatic heterocycles. The van der Waals surface area contributed by atoms with E-state index in [1.807, 2.05) is 0 Å². The van der Waals surface area contributed by atoms with E-state index in [2.05, 4.69) is 22.1 Å². The average Bonchev–Trinajstić information content (AvgIpc) is 2.68. The van der Waals surface area contributed by atoms with Gasteiger partial charge >= 0.3 is 5.97 Å². The number of halogens is 2. The molecule has 0 atom stereocenters. The van der Waals surface area contributed by atoms with E-state index >= 15 is 0 Å². The summed E-state index contributed by atoms with van der Waals surface area (Å²) in [7, 11) is 0. The van der Waals surface area contributed by atoms with E-state index in [-0.39, 0.29) is 28.6 Å². The van der Waals surface area contributed by atoms with Crippen LogP contribution in [0.1, 0.15) is 27.9 Å². The highest BCUT2D eigenvalue weighted by Crippen LogP contribution is 2.16. The molecule has 146 valence electrons. The number of nitrogens with one attached hydrogen (secondary N) is 2. The second kappa shape index (κ2) is 8.59. The lowest BCUT2D eigenvalue weighted by Gasteiger charge is -2.07. The van der Waals surface area contributed by atoms with Crippen LogP contribution in [0.15, 0.2) is 47.4 Å². The second-order valence-corrected chi connectivity index (χ2v) is 6.53. The molecule has 2 aromatic carbocycles. The number of hydrogen-bond donors (Lipinski definition) is 3. The van der Waals surface area contributed by atoms with Crippen molar-refractivity contribution < 1.29 is 19.1 Å². The predicted molar refractivity (Wildman–Crippen MR) is 106 cm³/mol. The fourth-order valence-electron chi connectivity index (χ4n) is 2.63. The lowest BCUT2D eigenvalue weighted by atomic mass is 10.1. The van der Waals surface area contributed by atoms with Gasteiger partial charge in [-0.2, -0.15) is 0 Å². The van der Waals surface area contributed by atoms with Crippen molar-refractivity contribution in [2.24, 2.45) is 0 Å². The zero-order valence-electron chi connectivity index (χ0n) is 14.9. The average molecular weight is 413 g/mol. The molecule has 1 heterocycles. The second-order valence-electron chi connectivity index (χ2n) is 6.09. The molecular formula is C21H14ClFN2O4. The Morgan fingerprint density at radius 2 is 1.93 bits per heavy atom. The number of carboxylic acid groups (broad SMARTS) is 1. The van der Waals surface area contributed by atoms with Crippen LogP contribution >= 0.6 is 11.6 Å². The molecule has 0 spiro atoms. The zero-order chi connectivity index (χ0) is 21.0. The summed E-state index contributed by atoms with van der Waals surface area (Å²) in [4.78, 5) is 38.3. The Bertz CT molecular complexity index is 1220. The van der Waals surface area contributed by atoms with Crippen molar-refractivity contribution in [2.45, 2.75) is 13.0 Å². The standard InChI is InChI=1S/C21H14ClFN2O4/c22-14-6-4-12(5-7-14)10-25-21(29)16-11-24-19-15(20(16)28)8-13(9-17(19)23)2-1-3-18(26)27/h4-9,11H,3,10H2,(H,24,28)(H,25,29)(H,26,27). The van der Waals surface area contributed by atoms with Gasteiger partial charge in [0.15, 0.2) is 0 Å². The van der Waals surface area contributed by atoms with Crippen molar-refractivity contribution in [1.82, 2.24) is 10.3 Å². The van der Waals surface area contributed by atoms with Crippen LogP contribution in [-0.4, -0.2) is 22.0 Å². The molecule has 0 fully saturated rings. The van der Waals surface area contributed by atoms with Crippen molar-refractivity contribution in [2.75, 3.05) is 0 Å². The number of carbonyl (C=O) groups is 2. The van der Waals surface area contributed by atoms with Gasteiger partial charge in [0.05, 0.1) is 10.9 Å². The van der Waals surface area contributed by atoms with Crippen molar-refractivity contribution in [3.8, 4) is 11.8 Å². The minimum absolute atomic E-state index is 0.0521. The Morgan fingerprint density at radius 3 is 2.62 bits per heavy atom. The maximum Gasteiger partial charge on any atom is 0.315 e. The van der Waals surface area contributed by atoms with Crippen molar-refractivity contribution in [1.29, 1.82) is 0 Å². The van der Waals surface area contributed by atoms with Crippen LogP contribution in [0.3, 0.4) is 0 Å². The fraction of sp³-hybridized carbons (Fsp3) is 0.0952. The largest absolute Gasteiger partial charge is 0.481 e. The van der Waals surface area contributed by atoms with Gasteiger partial charge in [0, 0.05) is 23.3 Å². The highest BCUT2D eigenvalue weighted by Gasteiger charge is 2.15. The van der Waals surface area contributed by atoms with Gasteiger partial charge in [-0.25, -0.2) is 4.39 Å². The maximum atomic E-state index is 14.3. The molecule has 0 aliphatic carbocycles. The molecule has 1 aromatic heterocycles. The maximum absolute atomic E-state index is 14.3. The minimum Gasteiger partial charge on any atom is -0.481 e. The summed E-state index contributed by atoms with van der Waals surface area (Å²) in [5.41, 5.74) is 0.0326. The van der Waals surface area contributed by atoms with E-state index in [0.717, 1.165) is 17.8 Å². The molecular weight excluding hydrogens is 399 g/mol. The first-order valence-corrected chi connectivity index (χ1v) is 8.81. The van der Waals surface area contributed by atoms with Gasteiger partial charge in [0.25, 0.3) is 5.91 Å². The predicted octanol–water partition coefficient (Wildman–Crippen LogP) is 3.08. The highest BCUT2D eigenvalue weighted by atomic mass is 35.5. The molecule has 0 unspecified atom stereocenters. The van der Waals surface area contributed by atoms with Crippen LogP contribution in [0.4, 0.5) is 4.39 Å². The van der Waals surface area contributed by atoms with Gasteiger partial charge in [-0.1, -0.05) is 35.6 Å². The van der Waals surface area contributed by atoms with E-state index in [0.29, 0.717) is 5.02 Å². The molecule has 8 heteroatoms. The van der Waals surface area contributed by atoms with E-state index in [1.54, 1.807) is 24.3 Å². The molecule has 0 radical (unpaired) electrons. The summed E-state index contributed by atoms with van der Waals surface area (Å²) >= 11 is 5.82. The third kappa shape index (κ3) is 4.81. The Hall–Kier alpha value is -3.63. The lowest BCUT2D eigenvalue weighted by molar-refractivity contribution is -0.135. The molecule has 0 saturated carbocycles. The lowest BCUT2D eigenvalue weighted by Crippen LogP contribution is -2.28. The van der Waals surface area contributed by atoms with Crippen molar-refractivity contribution in [3.05, 3.63) is 80.3 Å². The Kier molecular flexibility index (Phi) is 5.96. The summed E-state index contributed by atoms with van der Waals surface area (Å²) < 4.78 is 14.3. The summed E-state index contributed by atoms with van der Waals surface area (Å²) in [5, 5.41) is 11.8. The third-order valence-electron chi connectivity index (χ3n) is 4.02. The first kappa shape index (κ1) is 20.1. The first-order valence-electron chi connectivity index (χ1n) is 8.43. The summed E-state index contributed by atoms with van der Waals surface area (Å²) in [6.07, 6.45) is 0.740. The van der Waals surface area contributed by atoms with Gasteiger partial charge in [-0.15, -0.1) is 0 Å². The van der Waals surface area contributed by atoms with E-state index in [1.165, 1.54) is 6.07 Å². The summed E-state index contributed by atoms with van der Waals surface area (Å²) in [5.74, 6) is 2.41. The number of aliphatic carboxylic acids is 1. The van der Waals surface area contributed by atoms with Crippen LogP contribution in [0.5, 0.6) is 0 Å². The molecule has 0 saturated heterocycles. The number of hydrogen-bond acceptors (Lipinski definition) is 3. The number of fused-ring (bicyclic) bond motifs is 1. The topological polar surface area (TPSA) is 99.3 Å². The van der Waals surface area contributed by atoms with Gasteiger partial charge in [-0.3, -0.25) is 14.4 Å². The SMILES string of the molecule is O=C(O)CC#Cc1cc(F)c2[nH]cc(C(=O)NCc3ccc(Cl)cc3)c(=O)c2c1. The molecule has 3 N–H and O–H groups in total. The Labute approximate surface area is 169 Å². The Balaban J connectivity index is 1.90. The van der Waals surface area contributed by atoms with E-state index in [4.69, 9.17) is 16.7 Å². The van der Waals surface area contributed by atoms with Crippen molar-refractivity contribution >= 4 is 34.4 Å². The number of aromatic amines is 1. The zero-order valence-corrected chi connectivity index (χ0v) is 15.6. The van der Waals surface area contributed by atoms with Gasteiger partial charge in [0.2, 0.25) is 5.43 Å². The molecule has 3 aromatic rings. The molecule has 0 bridgehead atoms. The summed E-state index contributed by atoms with van der Waals surface area (Å²) in [6, 6.07) is 9.26. The van der Waals surface area contributed by atoms with Crippen LogP contribution in [0, 0.1) is 17.7 Å². The number of carbonyl (C=O) groups excluding carboxylic acids is 1. The van der Waals surface area contributed by atoms with Crippen LogP contribution in [0.25, 0.3) is 10.9 Å². The van der Waals surface area contributed by atoms with Crippen molar-refractivity contribution in [3.63, 3.8) is 0 Å². The quantitative estimate of drug-likeness (QED) is 0.573. The van der Waals surface area contributed by atoms with E-state index < -0.39 is 29.5 Å². The number of amides is 1. The van der Waals surface area contributed by atoms with Gasteiger partial charge < -0.3 is 15.4 Å². The molecule has 1 amide bonds. The normalized spacial score (nSPS) is 10.3. The highest BCUT2D eigenvalue weighted by molar-refractivity contribution is 6.30. The van der Waals surface area contributed by atoms with Crippen LogP contribution in [-0.2, 0) is 11.3 Å². The number of carboxylic acids is 1. The molecule has 29 heavy (non-hydrogen) atoms. The third-order valence-corrected chi connectivity index (χ3v) is 4.28. The van der Waals surface area contributed by atoms with Crippen LogP contribution < -0.4 is 10.7 Å². The smallest absolute Gasteiger partial charge is 0.315 e. The number of pyridine rings is 1. The van der Waals surface area contributed by atoms with Gasteiger partial charge in [0.1, 0.15) is 17.8 Å². The number of rotatable bonds is 4. The fourth-order valence-corrected chi connectivity index (χ4v) is 2.76. The number of H-pyrrole nitrogens is 1. The molecule has 6 nitrogen and oxygen atoms in total. The summed E-state index contributed by atoms with van der Waals surface area (Å²) in [6.45, 7) is 0.183. The Morgan fingerprint density at radius 1 is 1.21 bits per heavy atom. The minimum atomic E-state index is -1.11.